The van der Waals surface area contributed by atoms with Gasteiger partial charge in [0.15, 0.2) is 0 Å². The molecule has 1 atom stereocenters. The lowest BCUT2D eigenvalue weighted by Gasteiger charge is -2.15. The maximum absolute atomic E-state index is 6.39. The third kappa shape index (κ3) is 2.88. The second-order valence-electron chi connectivity index (χ2n) is 4.74. The van der Waals surface area contributed by atoms with Gasteiger partial charge in [-0.25, -0.2) is 0 Å². The van der Waals surface area contributed by atoms with E-state index < -0.39 is 0 Å². The zero-order valence-corrected chi connectivity index (χ0v) is 11.8. The molecule has 0 aliphatic carbocycles. The summed E-state index contributed by atoms with van der Waals surface area (Å²) in [5.41, 5.74) is 2.20. The molecular formula is C15H21ClN2. The highest BCUT2D eigenvalue weighted by atomic mass is 35.5. The van der Waals surface area contributed by atoms with Crippen molar-refractivity contribution in [3.05, 3.63) is 35.0 Å². The zero-order valence-electron chi connectivity index (χ0n) is 11.1. The summed E-state index contributed by atoms with van der Waals surface area (Å²) in [6.07, 6.45) is 3.59. The van der Waals surface area contributed by atoms with Crippen LogP contribution in [-0.2, 0) is 6.54 Å². The molecule has 0 saturated carbocycles. The molecular weight excluding hydrogens is 244 g/mol. The van der Waals surface area contributed by atoms with Crippen LogP contribution in [0.1, 0.15) is 38.8 Å². The first-order chi connectivity index (χ1) is 8.76. The summed E-state index contributed by atoms with van der Waals surface area (Å²) >= 11 is 6.39. The molecule has 3 heteroatoms. The van der Waals surface area contributed by atoms with E-state index in [2.05, 4.69) is 36.3 Å². The van der Waals surface area contributed by atoms with E-state index in [9.17, 15) is 0 Å². The SMILES string of the molecule is CCCC(CC)NCc1[nH]c2ccccc2c1Cl. The number of rotatable bonds is 6. The van der Waals surface area contributed by atoms with Gasteiger partial charge in [-0.1, -0.05) is 50.1 Å². The van der Waals surface area contributed by atoms with Crippen LogP contribution in [-0.4, -0.2) is 11.0 Å². The number of hydrogen-bond acceptors (Lipinski definition) is 1. The number of benzene rings is 1. The molecule has 0 saturated heterocycles. The van der Waals surface area contributed by atoms with Crippen LogP contribution >= 0.6 is 11.6 Å². The van der Waals surface area contributed by atoms with Crippen LogP contribution in [0.3, 0.4) is 0 Å². The maximum atomic E-state index is 6.39. The molecule has 0 fully saturated rings. The highest BCUT2D eigenvalue weighted by Crippen LogP contribution is 2.27. The van der Waals surface area contributed by atoms with E-state index >= 15 is 0 Å². The predicted octanol–water partition coefficient (Wildman–Crippen LogP) is 4.49. The van der Waals surface area contributed by atoms with Gasteiger partial charge in [0, 0.05) is 29.2 Å². The quantitative estimate of drug-likeness (QED) is 0.791. The highest BCUT2D eigenvalue weighted by Gasteiger charge is 2.10. The van der Waals surface area contributed by atoms with Gasteiger partial charge in [0.1, 0.15) is 0 Å². The van der Waals surface area contributed by atoms with Crippen LogP contribution in [0, 0.1) is 0 Å². The third-order valence-corrected chi connectivity index (χ3v) is 3.84. The van der Waals surface area contributed by atoms with E-state index in [-0.39, 0.29) is 0 Å². The van der Waals surface area contributed by atoms with Gasteiger partial charge in [0.05, 0.1) is 5.02 Å². The number of halogens is 1. The largest absolute Gasteiger partial charge is 0.356 e. The smallest absolute Gasteiger partial charge is 0.0705 e. The fraction of sp³-hybridized carbons (Fsp3) is 0.467. The Balaban J connectivity index is 2.09. The third-order valence-electron chi connectivity index (χ3n) is 3.41. The molecule has 98 valence electrons. The van der Waals surface area contributed by atoms with E-state index in [1.807, 2.05) is 12.1 Å². The normalized spacial score (nSPS) is 13.1. The van der Waals surface area contributed by atoms with Gasteiger partial charge in [0.25, 0.3) is 0 Å². The van der Waals surface area contributed by atoms with Crippen LogP contribution in [0.15, 0.2) is 24.3 Å². The molecule has 0 bridgehead atoms. The van der Waals surface area contributed by atoms with Crippen molar-refractivity contribution in [2.45, 2.75) is 45.7 Å². The van der Waals surface area contributed by atoms with Gasteiger partial charge < -0.3 is 10.3 Å². The van der Waals surface area contributed by atoms with E-state index in [1.165, 1.54) is 12.8 Å². The average molecular weight is 265 g/mol. The molecule has 0 amide bonds. The first-order valence-corrected chi connectivity index (χ1v) is 7.12. The van der Waals surface area contributed by atoms with Gasteiger partial charge in [-0.3, -0.25) is 0 Å². The summed E-state index contributed by atoms with van der Waals surface area (Å²) < 4.78 is 0. The Bertz CT molecular complexity index is 504. The van der Waals surface area contributed by atoms with Gasteiger partial charge >= 0.3 is 0 Å². The molecule has 0 aliphatic rings. The summed E-state index contributed by atoms with van der Waals surface area (Å²) in [5, 5.41) is 5.53. The maximum Gasteiger partial charge on any atom is 0.0705 e. The molecule has 1 aromatic heterocycles. The second kappa shape index (κ2) is 6.26. The van der Waals surface area contributed by atoms with Crippen molar-refractivity contribution in [3.8, 4) is 0 Å². The van der Waals surface area contributed by atoms with Crippen molar-refractivity contribution >= 4 is 22.5 Å². The lowest BCUT2D eigenvalue weighted by Crippen LogP contribution is -2.27. The van der Waals surface area contributed by atoms with Crippen LogP contribution in [0.4, 0.5) is 0 Å². The van der Waals surface area contributed by atoms with E-state index in [1.54, 1.807) is 0 Å². The van der Waals surface area contributed by atoms with Crippen molar-refractivity contribution in [3.63, 3.8) is 0 Å². The minimum Gasteiger partial charge on any atom is -0.356 e. The lowest BCUT2D eigenvalue weighted by atomic mass is 10.1. The standard InChI is InChI=1S/C15H21ClN2/c1-3-7-11(4-2)17-10-14-15(16)12-8-5-6-9-13(12)18-14/h5-6,8-9,11,17-18H,3-4,7,10H2,1-2H3. The minimum absolute atomic E-state index is 0.581. The van der Waals surface area contributed by atoms with Crippen molar-refractivity contribution in [1.29, 1.82) is 0 Å². The number of fused-ring (bicyclic) bond motifs is 1. The fourth-order valence-electron chi connectivity index (χ4n) is 2.33. The molecule has 0 radical (unpaired) electrons. The Hall–Kier alpha value is -0.990. The summed E-state index contributed by atoms with van der Waals surface area (Å²) in [4.78, 5) is 3.39. The molecule has 1 unspecified atom stereocenters. The van der Waals surface area contributed by atoms with Crippen LogP contribution in [0.5, 0.6) is 0 Å². The fourth-order valence-corrected chi connectivity index (χ4v) is 2.61. The minimum atomic E-state index is 0.581. The Kier molecular flexibility index (Phi) is 4.67. The summed E-state index contributed by atoms with van der Waals surface area (Å²) in [6, 6.07) is 8.75. The number of H-pyrrole nitrogens is 1. The van der Waals surface area contributed by atoms with E-state index in [4.69, 9.17) is 11.6 Å². The van der Waals surface area contributed by atoms with Crippen molar-refractivity contribution < 1.29 is 0 Å². The lowest BCUT2D eigenvalue weighted by molar-refractivity contribution is 0.460. The van der Waals surface area contributed by atoms with E-state index in [0.717, 1.165) is 34.6 Å². The van der Waals surface area contributed by atoms with Crippen molar-refractivity contribution in [2.75, 3.05) is 0 Å². The van der Waals surface area contributed by atoms with Crippen LogP contribution < -0.4 is 5.32 Å². The zero-order chi connectivity index (χ0) is 13.0. The molecule has 0 aliphatic heterocycles. The van der Waals surface area contributed by atoms with Crippen molar-refractivity contribution in [2.24, 2.45) is 0 Å². The average Bonchev–Trinajstić information content (AvgIpc) is 2.72. The van der Waals surface area contributed by atoms with E-state index in [0.29, 0.717) is 6.04 Å². The number of nitrogens with one attached hydrogen (secondary N) is 2. The first-order valence-electron chi connectivity index (χ1n) is 6.74. The van der Waals surface area contributed by atoms with Crippen LogP contribution in [0.2, 0.25) is 5.02 Å². The van der Waals surface area contributed by atoms with Crippen LogP contribution in [0.25, 0.3) is 10.9 Å². The molecule has 18 heavy (non-hydrogen) atoms. The molecule has 1 heterocycles. The highest BCUT2D eigenvalue weighted by molar-refractivity contribution is 6.36. The summed E-state index contributed by atoms with van der Waals surface area (Å²) in [5.74, 6) is 0. The molecule has 2 nitrogen and oxygen atoms in total. The number of aromatic amines is 1. The van der Waals surface area contributed by atoms with Crippen molar-refractivity contribution in [1.82, 2.24) is 10.3 Å². The molecule has 2 aromatic rings. The molecule has 2 N–H and O–H groups in total. The van der Waals surface area contributed by atoms with Gasteiger partial charge in [-0.2, -0.15) is 0 Å². The Morgan fingerprint density at radius 1 is 1.28 bits per heavy atom. The summed E-state index contributed by atoms with van der Waals surface area (Å²) in [6.45, 7) is 5.26. The van der Waals surface area contributed by atoms with Gasteiger partial charge in [-0.15, -0.1) is 0 Å². The Morgan fingerprint density at radius 2 is 2.06 bits per heavy atom. The predicted molar refractivity (Wildman–Crippen MR) is 79.1 cm³/mol. The Morgan fingerprint density at radius 3 is 2.72 bits per heavy atom. The second-order valence-corrected chi connectivity index (χ2v) is 5.12. The van der Waals surface area contributed by atoms with Gasteiger partial charge in [0.2, 0.25) is 0 Å². The Labute approximate surface area is 114 Å². The topological polar surface area (TPSA) is 27.8 Å². The number of hydrogen-bond donors (Lipinski definition) is 2. The monoisotopic (exact) mass is 264 g/mol. The number of aromatic nitrogens is 1. The summed E-state index contributed by atoms with van der Waals surface area (Å²) in [7, 11) is 0. The molecule has 2 rings (SSSR count). The molecule has 0 spiro atoms. The molecule has 1 aromatic carbocycles. The first kappa shape index (κ1) is 13.4. The van der Waals surface area contributed by atoms with Gasteiger partial charge in [-0.05, 0) is 18.9 Å². The number of para-hydroxylation sites is 1.